The number of hydrogen-bond donors (Lipinski definition) is 1. The highest BCUT2D eigenvalue weighted by Gasteiger charge is 2.19. The van der Waals surface area contributed by atoms with E-state index >= 15 is 0 Å². The van der Waals surface area contributed by atoms with E-state index in [1.807, 2.05) is 24.3 Å². The number of H-pyrrole nitrogens is 1. The van der Waals surface area contributed by atoms with E-state index in [0.717, 1.165) is 68.6 Å². The average Bonchev–Trinajstić information content (AvgIpc) is 3.50. The average molecular weight is 471 g/mol. The van der Waals surface area contributed by atoms with E-state index in [4.69, 9.17) is 15.7 Å². The summed E-state index contributed by atoms with van der Waals surface area (Å²) in [7, 11) is 0. The highest BCUT2D eigenvalue weighted by molar-refractivity contribution is 5.93. The van der Waals surface area contributed by atoms with Gasteiger partial charge in [-0.2, -0.15) is 0 Å². The number of aromatic amines is 1. The van der Waals surface area contributed by atoms with E-state index in [9.17, 15) is 4.79 Å². The summed E-state index contributed by atoms with van der Waals surface area (Å²) in [5.41, 5.74) is 4.97. The van der Waals surface area contributed by atoms with E-state index in [1.165, 1.54) is 10.9 Å². The number of furan rings is 1. The van der Waals surface area contributed by atoms with Gasteiger partial charge in [-0.25, -0.2) is 9.64 Å². The maximum absolute atomic E-state index is 12.0. The lowest BCUT2D eigenvalue weighted by molar-refractivity contribution is 0.0492. The molecule has 0 saturated carbocycles. The Morgan fingerprint density at radius 3 is 2.77 bits per heavy atom. The number of benzene rings is 2. The third-order valence-electron chi connectivity index (χ3n) is 6.76. The minimum atomic E-state index is -0.420. The van der Waals surface area contributed by atoms with Gasteiger partial charge in [0.05, 0.1) is 13.2 Å². The Morgan fingerprint density at radius 2 is 1.97 bits per heavy atom. The standard InChI is InChI=1S/C28H30N4O3/c1-3-34-28(33)27-17-21-16-23(8-10-26(21)35-27)32-14-12-31(13-15-32)11-5-4-6-20-19-30-25-9-7-22(29-2)18-24(20)25/h7-10,16-19,30H,3-6,11-15H2,1H3. The molecule has 2 aromatic heterocycles. The fourth-order valence-electron chi connectivity index (χ4n) is 4.85. The Bertz CT molecular complexity index is 1370. The van der Waals surface area contributed by atoms with Crippen LogP contribution in [-0.4, -0.2) is 55.2 Å². The summed E-state index contributed by atoms with van der Waals surface area (Å²) in [6.45, 7) is 14.5. The van der Waals surface area contributed by atoms with Crippen LogP contribution in [0.4, 0.5) is 11.4 Å². The molecule has 0 unspecified atom stereocenters. The maximum atomic E-state index is 12.0. The highest BCUT2D eigenvalue weighted by atomic mass is 16.5. The van der Waals surface area contributed by atoms with Gasteiger partial charge in [-0.15, -0.1) is 0 Å². The van der Waals surface area contributed by atoms with Gasteiger partial charge in [0.25, 0.3) is 0 Å². The molecule has 0 amide bonds. The Kier molecular flexibility index (Phi) is 6.73. The molecule has 35 heavy (non-hydrogen) atoms. The Hall–Kier alpha value is -3.76. The van der Waals surface area contributed by atoms with Crippen molar-refractivity contribution in [2.24, 2.45) is 0 Å². The number of fused-ring (bicyclic) bond motifs is 2. The number of nitrogens with zero attached hydrogens (tertiary/aromatic N) is 3. The number of aryl methyl sites for hydroxylation is 1. The van der Waals surface area contributed by atoms with Gasteiger partial charge in [-0.05, 0) is 80.1 Å². The van der Waals surface area contributed by atoms with Crippen LogP contribution in [0.5, 0.6) is 0 Å². The number of rotatable bonds is 8. The van der Waals surface area contributed by atoms with E-state index < -0.39 is 5.97 Å². The van der Waals surface area contributed by atoms with Crippen molar-refractivity contribution in [3.8, 4) is 0 Å². The van der Waals surface area contributed by atoms with Crippen molar-refractivity contribution >= 4 is 39.2 Å². The Morgan fingerprint density at radius 1 is 1.11 bits per heavy atom. The Labute approximate surface area is 205 Å². The van der Waals surface area contributed by atoms with Crippen LogP contribution in [0.3, 0.4) is 0 Å². The lowest BCUT2D eigenvalue weighted by Crippen LogP contribution is -2.46. The predicted molar refractivity (Wildman–Crippen MR) is 138 cm³/mol. The summed E-state index contributed by atoms with van der Waals surface area (Å²) in [5.74, 6) is -0.167. The molecule has 0 bridgehead atoms. The van der Waals surface area contributed by atoms with Crippen molar-refractivity contribution in [2.45, 2.75) is 26.2 Å². The largest absolute Gasteiger partial charge is 0.460 e. The van der Waals surface area contributed by atoms with Crippen LogP contribution in [0.15, 0.2) is 53.1 Å². The number of carbonyl (C=O) groups excluding carboxylic acids is 1. The molecule has 7 nitrogen and oxygen atoms in total. The van der Waals surface area contributed by atoms with Crippen LogP contribution < -0.4 is 4.90 Å². The molecule has 0 radical (unpaired) electrons. The summed E-state index contributed by atoms with van der Waals surface area (Å²) in [6.07, 6.45) is 5.41. The highest BCUT2D eigenvalue weighted by Crippen LogP contribution is 2.27. The second kappa shape index (κ2) is 10.2. The molecule has 1 aliphatic heterocycles. The first-order valence-electron chi connectivity index (χ1n) is 12.3. The SMILES string of the molecule is [C-]#[N+]c1ccc2[nH]cc(CCCCN3CCN(c4ccc5oc(C(=O)OCC)cc5c4)CC3)c2c1. The molecule has 0 atom stereocenters. The molecule has 180 valence electrons. The van der Waals surface area contributed by atoms with Crippen LogP contribution in [0.2, 0.25) is 0 Å². The Balaban J connectivity index is 1.10. The third kappa shape index (κ3) is 5.03. The van der Waals surface area contributed by atoms with Crippen molar-refractivity contribution in [1.29, 1.82) is 0 Å². The monoisotopic (exact) mass is 470 g/mol. The smallest absolute Gasteiger partial charge is 0.374 e. The zero-order chi connectivity index (χ0) is 24.2. The zero-order valence-electron chi connectivity index (χ0n) is 20.0. The number of anilines is 1. The van der Waals surface area contributed by atoms with Crippen LogP contribution >= 0.6 is 0 Å². The van der Waals surface area contributed by atoms with Crippen LogP contribution in [0.25, 0.3) is 26.7 Å². The van der Waals surface area contributed by atoms with E-state index in [1.54, 1.807) is 13.0 Å². The molecule has 1 N–H and O–H groups in total. The molecule has 2 aromatic carbocycles. The van der Waals surface area contributed by atoms with Crippen molar-refractivity contribution < 1.29 is 13.9 Å². The van der Waals surface area contributed by atoms with Gasteiger partial charge in [0.15, 0.2) is 5.69 Å². The van der Waals surface area contributed by atoms with E-state index in [0.29, 0.717) is 17.9 Å². The predicted octanol–water partition coefficient (Wildman–Crippen LogP) is 5.79. The first-order chi connectivity index (χ1) is 17.1. The number of aromatic nitrogens is 1. The number of unbranched alkanes of at least 4 members (excludes halogenated alkanes) is 1. The van der Waals surface area contributed by atoms with Gasteiger partial charge in [0.2, 0.25) is 5.76 Å². The molecular weight excluding hydrogens is 440 g/mol. The fourth-order valence-corrected chi connectivity index (χ4v) is 4.85. The molecule has 4 aromatic rings. The van der Waals surface area contributed by atoms with Crippen molar-refractivity contribution in [2.75, 3.05) is 44.2 Å². The number of esters is 1. The summed E-state index contributed by atoms with van der Waals surface area (Å²) in [5, 5.41) is 2.10. The summed E-state index contributed by atoms with van der Waals surface area (Å²) in [4.78, 5) is 23.8. The quantitative estimate of drug-likeness (QED) is 0.201. The van der Waals surface area contributed by atoms with Crippen LogP contribution in [0, 0.1) is 6.57 Å². The third-order valence-corrected chi connectivity index (χ3v) is 6.76. The van der Waals surface area contributed by atoms with Crippen molar-refractivity contribution in [3.05, 3.63) is 71.4 Å². The van der Waals surface area contributed by atoms with Crippen molar-refractivity contribution in [3.63, 3.8) is 0 Å². The molecule has 1 fully saturated rings. The lowest BCUT2D eigenvalue weighted by atomic mass is 10.1. The molecule has 0 spiro atoms. The number of carbonyl (C=O) groups is 1. The molecule has 1 saturated heterocycles. The topological polar surface area (TPSA) is 66.1 Å². The lowest BCUT2D eigenvalue weighted by Gasteiger charge is -2.36. The zero-order valence-corrected chi connectivity index (χ0v) is 20.0. The van der Waals surface area contributed by atoms with Gasteiger partial charge in [0.1, 0.15) is 5.58 Å². The van der Waals surface area contributed by atoms with Gasteiger partial charge in [0, 0.05) is 49.0 Å². The number of piperazine rings is 1. The molecule has 3 heterocycles. The normalized spacial score (nSPS) is 14.5. The fraction of sp³-hybridized carbons (Fsp3) is 0.357. The summed E-state index contributed by atoms with van der Waals surface area (Å²) >= 11 is 0. The van der Waals surface area contributed by atoms with Crippen LogP contribution in [0.1, 0.15) is 35.9 Å². The van der Waals surface area contributed by atoms with Gasteiger partial charge in [-0.3, -0.25) is 4.90 Å². The molecule has 7 heteroatoms. The van der Waals surface area contributed by atoms with E-state index in [-0.39, 0.29) is 5.76 Å². The van der Waals surface area contributed by atoms with Gasteiger partial charge in [-0.1, -0.05) is 6.07 Å². The van der Waals surface area contributed by atoms with Crippen molar-refractivity contribution in [1.82, 2.24) is 9.88 Å². The number of nitrogens with one attached hydrogen (secondary N) is 1. The molecule has 1 aliphatic rings. The second-order valence-electron chi connectivity index (χ2n) is 8.99. The maximum Gasteiger partial charge on any atom is 0.374 e. The molecular formula is C28H30N4O3. The minimum Gasteiger partial charge on any atom is -0.460 e. The van der Waals surface area contributed by atoms with E-state index in [2.05, 4.69) is 38.0 Å². The molecule has 5 rings (SSSR count). The van der Waals surface area contributed by atoms with Gasteiger partial charge < -0.3 is 19.0 Å². The first kappa shape index (κ1) is 23.0. The van der Waals surface area contributed by atoms with Gasteiger partial charge >= 0.3 is 5.97 Å². The summed E-state index contributed by atoms with van der Waals surface area (Å²) in [6, 6.07) is 13.7. The second-order valence-corrected chi connectivity index (χ2v) is 8.99. The summed E-state index contributed by atoms with van der Waals surface area (Å²) < 4.78 is 10.7. The number of hydrogen-bond acceptors (Lipinski definition) is 5. The minimum absolute atomic E-state index is 0.253. The first-order valence-corrected chi connectivity index (χ1v) is 12.3. The van der Waals surface area contributed by atoms with Crippen LogP contribution in [-0.2, 0) is 11.2 Å². The number of ether oxygens (including phenoxy) is 1. The molecule has 0 aliphatic carbocycles.